The Morgan fingerprint density at radius 2 is 2.00 bits per heavy atom. The van der Waals surface area contributed by atoms with Crippen molar-refractivity contribution < 1.29 is 9.53 Å². The standard InChI is InChI=1S/C22H25N3O3/c1-2-3-14-28-18-9-6-8-17(15-18)24-21(26)12-7-13-25-16-23-20-11-5-4-10-19(20)22(25)27/h4-6,8-11,15-16H,2-3,7,12-14H2,1H3,(H,24,26). The number of benzene rings is 2. The summed E-state index contributed by atoms with van der Waals surface area (Å²) in [4.78, 5) is 29.0. The molecule has 6 nitrogen and oxygen atoms in total. The van der Waals surface area contributed by atoms with Crippen LogP contribution >= 0.6 is 0 Å². The van der Waals surface area contributed by atoms with Gasteiger partial charge < -0.3 is 10.1 Å². The zero-order chi connectivity index (χ0) is 19.8. The fraction of sp³-hybridized carbons (Fsp3) is 0.318. The first-order valence-corrected chi connectivity index (χ1v) is 9.64. The fourth-order valence-electron chi connectivity index (χ4n) is 2.90. The minimum absolute atomic E-state index is 0.0806. The number of nitrogens with one attached hydrogen (secondary N) is 1. The Morgan fingerprint density at radius 3 is 2.86 bits per heavy atom. The molecule has 3 rings (SSSR count). The molecule has 6 heteroatoms. The smallest absolute Gasteiger partial charge is 0.261 e. The van der Waals surface area contributed by atoms with Gasteiger partial charge in [0.25, 0.3) is 5.56 Å². The number of aryl methyl sites for hydroxylation is 1. The van der Waals surface area contributed by atoms with Crippen molar-refractivity contribution in [3.63, 3.8) is 0 Å². The first-order chi connectivity index (χ1) is 13.7. The lowest BCUT2D eigenvalue weighted by molar-refractivity contribution is -0.116. The highest BCUT2D eigenvalue weighted by Gasteiger charge is 2.06. The van der Waals surface area contributed by atoms with Crippen LogP contribution in [0.5, 0.6) is 5.75 Å². The minimum Gasteiger partial charge on any atom is -0.494 e. The largest absolute Gasteiger partial charge is 0.494 e. The lowest BCUT2D eigenvalue weighted by atomic mass is 10.2. The molecule has 1 aromatic heterocycles. The topological polar surface area (TPSA) is 73.2 Å². The van der Waals surface area contributed by atoms with E-state index in [1.807, 2.05) is 42.5 Å². The number of rotatable bonds is 9. The summed E-state index contributed by atoms with van der Waals surface area (Å²) in [6.07, 6.45) is 4.49. The van der Waals surface area contributed by atoms with Crippen molar-refractivity contribution in [1.82, 2.24) is 9.55 Å². The van der Waals surface area contributed by atoms with Gasteiger partial charge in [-0.1, -0.05) is 31.5 Å². The number of hydrogen-bond acceptors (Lipinski definition) is 4. The quantitative estimate of drug-likeness (QED) is 0.571. The summed E-state index contributed by atoms with van der Waals surface area (Å²) in [6, 6.07) is 14.7. The minimum atomic E-state index is -0.0903. The van der Waals surface area contributed by atoms with Crippen LogP contribution in [0.3, 0.4) is 0 Å². The van der Waals surface area contributed by atoms with E-state index < -0.39 is 0 Å². The number of anilines is 1. The molecule has 0 aliphatic heterocycles. The van der Waals surface area contributed by atoms with Crippen LogP contribution < -0.4 is 15.6 Å². The van der Waals surface area contributed by atoms with Crippen LogP contribution in [0.1, 0.15) is 32.6 Å². The molecule has 0 bridgehead atoms. The summed E-state index contributed by atoms with van der Waals surface area (Å²) in [7, 11) is 0. The number of para-hydroxylation sites is 1. The van der Waals surface area contributed by atoms with Gasteiger partial charge in [0.2, 0.25) is 5.91 Å². The lowest BCUT2D eigenvalue weighted by Crippen LogP contribution is -2.21. The highest BCUT2D eigenvalue weighted by atomic mass is 16.5. The van der Waals surface area contributed by atoms with Crippen LogP contribution in [0.15, 0.2) is 59.7 Å². The zero-order valence-corrected chi connectivity index (χ0v) is 16.1. The van der Waals surface area contributed by atoms with E-state index in [-0.39, 0.29) is 11.5 Å². The van der Waals surface area contributed by atoms with Gasteiger partial charge in [-0.15, -0.1) is 0 Å². The molecule has 0 unspecified atom stereocenters. The SMILES string of the molecule is CCCCOc1cccc(NC(=O)CCCn2cnc3ccccc3c2=O)c1. The molecule has 2 aromatic carbocycles. The number of hydrogen-bond donors (Lipinski definition) is 1. The average Bonchev–Trinajstić information content (AvgIpc) is 2.70. The normalized spacial score (nSPS) is 10.8. The summed E-state index contributed by atoms with van der Waals surface area (Å²) in [6.45, 7) is 3.23. The second kappa shape index (κ2) is 9.69. The number of ether oxygens (including phenoxy) is 1. The molecule has 1 amide bonds. The number of fused-ring (bicyclic) bond motifs is 1. The van der Waals surface area contributed by atoms with Gasteiger partial charge in [-0.05, 0) is 37.1 Å². The van der Waals surface area contributed by atoms with Gasteiger partial charge >= 0.3 is 0 Å². The Morgan fingerprint density at radius 1 is 1.14 bits per heavy atom. The molecule has 0 spiro atoms. The molecule has 1 N–H and O–H groups in total. The van der Waals surface area contributed by atoms with Gasteiger partial charge in [-0.25, -0.2) is 4.98 Å². The third-order valence-corrected chi connectivity index (χ3v) is 4.42. The van der Waals surface area contributed by atoms with Crippen molar-refractivity contribution in [2.24, 2.45) is 0 Å². The molecule has 0 saturated heterocycles. The Labute approximate surface area is 164 Å². The summed E-state index contributed by atoms with van der Waals surface area (Å²) < 4.78 is 7.21. The molecule has 0 fully saturated rings. The third kappa shape index (κ3) is 5.19. The molecule has 0 radical (unpaired) electrons. The van der Waals surface area contributed by atoms with E-state index in [2.05, 4.69) is 17.2 Å². The third-order valence-electron chi connectivity index (χ3n) is 4.42. The summed E-state index contributed by atoms with van der Waals surface area (Å²) in [5.74, 6) is 0.660. The van der Waals surface area contributed by atoms with E-state index in [1.165, 1.54) is 0 Å². The maximum atomic E-state index is 12.4. The number of carbonyl (C=O) groups excluding carboxylic acids is 1. The van der Waals surface area contributed by atoms with Crippen LogP contribution in [0.4, 0.5) is 5.69 Å². The molecule has 28 heavy (non-hydrogen) atoms. The van der Waals surface area contributed by atoms with E-state index in [9.17, 15) is 9.59 Å². The van der Waals surface area contributed by atoms with E-state index in [1.54, 1.807) is 17.0 Å². The predicted molar refractivity (Wildman–Crippen MR) is 111 cm³/mol. The van der Waals surface area contributed by atoms with E-state index >= 15 is 0 Å². The van der Waals surface area contributed by atoms with Crippen LogP contribution in [0.25, 0.3) is 10.9 Å². The number of amides is 1. The fourth-order valence-corrected chi connectivity index (χ4v) is 2.90. The van der Waals surface area contributed by atoms with Gasteiger partial charge in [0.1, 0.15) is 5.75 Å². The number of carbonyl (C=O) groups is 1. The lowest BCUT2D eigenvalue weighted by Gasteiger charge is -2.09. The molecule has 0 atom stereocenters. The highest BCUT2D eigenvalue weighted by molar-refractivity contribution is 5.90. The highest BCUT2D eigenvalue weighted by Crippen LogP contribution is 2.18. The molecular formula is C22H25N3O3. The Balaban J connectivity index is 1.52. The molecule has 0 aliphatic carbocycles. The first-order valence-electron chi connectivity index (χ1n) is 9.64. The maximum absolute atomic E-state index is 12.4. The van der Waals surface area contributed by atoms with Crippen LogP contribution in [0.2, 0.25) is 0 Å². The number of unbranched alkanes of at least 4 members (excludes halogenated alkanes) is 1. The van der Waals surface area contributed by atoms with Gasteiger partial charge in [-0.3, -0.25) is 14.2 Å². The molecular weight excluding hydrogens is 354 g/mol. The average molecular weight is 379 g/mol. The van der Waals surface area contributed by atoms with Gasteiger partial charge in [0.15, 0.2) is 0 Å². The van der Waals surface area contributed by atoms with Crippen molar-refractivity contribution in [3.05, 3.63) is 65.2 Å². The van der Waals surface area contributed by atoms with Gasteiger partial charge in [0.05, 0.1) is 23.8 Å². The Kier molecular flexibility index (Phi) is 6.78. The zero-order valence-electron chi connectivity index (χ0n) is 16.1. The number of aromatic nitrogens is 2. The van der Waals surface area contributed by atoms with Crippen molar-refractivity contribution in [2.45, 2.75) is 39.2 Å². The van der Waals surface area contributed by atoms with Crippen molar-refractivity contribution in [2.75, 3.05) is 11.9 Å². The maximum Gasteiger partial charge on any atom is 0.261 e. The summed E-state index contributed by atoms with van der Waals surface area (Å²) in [5, 5.41) is 3.47. The molecule has 146 valence electrons. The summed E-state index contributed by atoms with van der Waals surface area (Å²) >= 11 is 0. The Hall–Kier alpha value is -3.15. The van der Waals surface area contributed by atoms with E-state index in [0.717, 1.165) is 18.6 Å². The van der Waals surface area contributed by atoms with E-state index in [4.69, 9.17) is 4.74 Å². The molecule has 3 aromatic rings. The summed E-state index contributed by atoms with van der Waals surface area (Å²) in [5.41, 5.74) is 1.31. The van der Waals surface area contributed by atoms with Crippen molar-refractivity contribution in [1.29, 1.82) is 0 Å². The second-order valence-electron chi connectivity index (χ2n) is 6.64. The first kappa shape index (κ1) is 19.6. The molecule has 0 saturated carbocycles. The van der Waals surface area contributed by atoms with Gasteiger partial charge in [0, 0.05) is 24.7 Å². The van der Waals surface area contributed by atoms with Crippen LogP contribution in [0, 0.1) is 0 Å². The Bertz CT molecular complexity index is 997. The van der Waals surface area contributed by atoms with Gasteiger partial charge in [-0.2, -0.15) is 0 Å². The van der Waals surface area contributed by atoms with Crippen LogP contribution in [-0.2, 0) is 11.3 Å². The predicted octanol–water partition coefficient (Wildman–Crippen LogP) is 3.99. The second-order valence-corrected chi connectivity index (χ2v) is 6.64. The molecule has 1 heterocycles. The number of nitrogens with zero attached hydrogens (tertiary/aromatic N) is 2. The van der Waals surface area contributed by atoms with E-state index in [0.29, 0.717) is 42.6 Å². The van der Waals surface area contributed by atoms with Crippen molar-refractivity contribution >= 4 is 22.5 Å². The molecule has 0 aliphatic rings. The monoisotopic (exact) mass is 379 g/mol. The van der Waals surface area contributed by atoms with Crippen molar-refractivity contribution in [3.8, 4) is 5.75 Å². The van der Waals surface area contributed by atoms with Crippen LogP contribution in [-0.4, -0.2) is 22.1 Å².